The van der Waals surface area contributed by atoms with Crippen LogP contribution >= 0.6 is 0 Å². The molecule has 1 aliphatic rings. The number of carbonyl (C=O) groups excluding carboxylic acids is 1. The van der Waals surface area contributed by atoms with Crippen LogP contribution in [0.5, 0.6) is 0 Å². The Kier molecular flexibility index (Phi) is 5.42. The summed E-state index contributed by atoms with van der Waals surface area (Å²) < 4.78 is 0. The van der Waals surface area contributed by atoms with Gasteiger partial charge in [-0.2, -0.15) is 0 Å². The molecule has 116 valence electrons. The number of nitrogens with one attached hydrogen (secondary N) is 1. The monoisotopic (exact) mass is 284 g/mol. The van der Waals surface area contributed by atoms with Gasteiger partial charge >= 0.3 is 12.0 Å². The maximum atomic E-state index is 12.1. The molecule has 1 fully saturated rings. The largest absolute Gasteiger partial charge is 0.481 e. The smallest absolute Gasteiger partial charge is 0.317 e. The molecule has 5 nitrogen and oxygen atoms in total. The number of carboxylic acid groups (broad SMARTS) is 1. The summed E-state index contributed by atoms with van der Waals surface area (Å²) in [6.45, 7) is 11.6. The molecular formula is C15H28N2O3. The van der Waals surface area contributed by atoms with Crippen LogP contribution in [0.4, 0.5) is 4.79 Å². The number of hydrogen-bond donors (Lipinski definition) is 2. The number of amides is 2. The molecule has 0 aromatic heterocycles. The summed E-state index contributed by atoms with van der Waals surface area (Å²) in [7, 11) is 0. The Bertz CT molecular complexity index is 355. The van der Waals surface area contributed by atoms with Crippen molar-refractivity contribution in [3.63, 3.8) is 0 Å². The van der Waals surface area contributed by atoms with Crippen molar-refractivity contribution < 1.29 is 14.7 Å². The topological polar surface area (TPSA) is 69.6 Å². The number of hydrogen-bond acceptors (Lipinski definition) is 2. The van der Waals surface area contributed by atoms with Gasteiger partial charge in [-0.25, -0.2) is 4.79 Å². The van der Waals surface area contributed by atoms with Crippen LogP contribution < -0.4 is 5.32 Å². The molecule has 5 heteroatoms. The zero-order valence-corrected chi connectivity index (χ0v) is 13.3. The molecule has 2 unspecified atom stereocenters. The Balaban J connectivity index is 2.45. The lowest BCUT2D eigenvalue weighted by atomic mass is 9.75. The lowest BCUT2D eigenvalue weighted by molar-refractivity contribution is -0.141. The minimum absolute atomic E-state index is 0.141. The highest BCUT2D eigenvalue weighted by atomic mass is 16.4. The highest BCUT2D eigenvalue weighted by molar-refractivity contribution is 5.76. The van der Waals surface area contributed by atoms with E-state index in [1.165, 1.54) is 0 Å². The standard InChI is InChI=1S/C15H28N2O3/c1-10(13(18)19)11(2)16-14(20)17-8-6-12(7-9-17)15(3,4)5/h10-12H,6-9H2,1-5H3,(H,16,20)(H,18,19). The molecule has 1 rings (SSSR count). The van der Waals surface area contributed by atoms with Crippen molar-refractivity contribution in [2.75, 3.05) is 13.1 Å². The average Bonchev–Trinajstić information content (AvgIpc) is 2.36. The quantitative estimate of drug-likeness (QED) is 0.837. The van der Waals surface area contributed by atoms with Gasteiger partial charge in [-0.15, -0.1) is 0 Å². The number of urea groups is 1. The highest BCUT2D eigenvalue weighted by Gasteiger charge is 2.31. The predicted octanol–water partition coefficient (Wildman–Crippen LogP) is 2.56. The normalized spacial score (nSPS) is 20.4. The number of carbonyl (C=O) groups is 2. The lowest BCUT2D eigenvalue weighted by Gasteiger charge is -2.39. The molecular weight excluding hydrogens is 256 g/mol. The van der Waals surface area contributed by atoms with E-state index >= 15 is 0 Å². The van der Waals surface area contributed by atoms with E-state index in [9.17, 15) is 9.59 Å². The zero-order valence-electron chi connectivity index (χ0n) is 13.3. The number of nitrogens with zero attached hydrogens (tertiary/aromatic N) is 1. The molecule has 1 heterocycles. The lowest BCUT2D eigenvalue weighted by Crippen LogP contribution is -2.50. The first-order chi connectivity index (χ1) is 9.12. The molecule has 2 N–H and O–H groups in total. The molecule has 0 bridgehead atoms. The molecule has 0 aromatic rings. The fourth-order valence-electron chi connectivity index (χ4n) is 2.57. The van der Waals surface area contributed by atoms with Gasteiger partial charge in [-0.05, 0) is 38.0 Å². The van der Waals surface area contributed by atoms with Crippen molar-refractivity contribution in [1.29, 1.82) is 0 Å². The molecule has 0 radical (unpaired) electrons. The van der Waals surface area contributed by atoms with Gasteiger partial charge in [0, 0.05) is 19.1 Å². The molecule has 2 amide bonds. The van der Waals surface area contributed by atoms with Crippen LogP contribution in [-0.2, 0) is 4.79 Å². The first kappa shape index (κ1) is 16.8. The fourth-order valence-corrected chi connectivity index (χ4v) is 2.57. The van der Waals surface area contributed by atoms with E-state index in [0.717, 1.165) is 25.9 Å². The van der Waals surface area contributed by atoms with Gasteiger partial charge in [-0.3, -0.25) is 4.79 Å². The molecule has 2 atom stereocenters. The van der Waals surface area contributed by atoms with E-state index in [4.69, 9.17) is 5.11 Å². The first-order valence-electron chi connectivity index (χ1n) is 7.41. The predicted molar refractivity (Wildman–Crippen MR) is 78.5 cm³/mol. The van der Waals surface area contributed by atoms with E-state index in [2.05, 4.69) is 26.1 Å². The van der Waals surface area contributed by atoms with Gasteiger partial charge in [0.1, 0.15) is 0 Å². The van der Waals surface area contributed by atoms with Crippen LogP contribution in [0.15, 0.2) is 0 Å². The second kappa shape index (κ2) is 6.46. The number of rotatable bonds is 3. The molecule has 0 spiro atoms. The summed E-state index contributed by atoms with van der Waals surface area (Å²) in [5.74, 6) is -0.822. The van der Waals surface area contributed by atoms with E-state index in [0.29, 0.717) is 5.92 Å². The second-order valence-corrected chi connectivity index (χ2v) is 6.99. The third kappa shape index (κ3) is 4.39. The Hall–Kier alpha value is -1.26. The van der Waals surface area contributed by atoms with Crippen molar-refractivity contribution in [2.24, 2.45) is 17.3 Å². The Morgan fingerprint density at radius 3 is 2.10 bits per heavy atom. The average molecular weight is 284 g/mol. The van der Waals surface area contributed by atoms with Crippen LogP contribution in [0.1, 0.15) is 47.5 Å². The minimum atomic E-state index is -0.885. The third-order valence-electron chi connectivity index (χ3n) is 4.50. The molecule has 20 heavy (non-hydrogen) atoms. The van der Waals surface area contributed by atoms with Crippen LogP contribution in [0.2, 0.25) is 0 Å². The van der Waals surface area contributed by atoms with Gasteiger partial charge in [0.15, 0.2) is 0 Å². The van der Waals surface area contributed by atoms with Crippen molar-refractivity contribution in [1.82, 2.24) is 10.2 Å². The summed E-state index contributed by atoms with van der Waals surface area (Å²) in [4.78, 5) is 24.8. The van der Waals surface area contributed by atoms with Crippen LogP contribution in [-0.4, -0.2) is 41.1 Å². The van der Waals surface area contributed by atoms with Crippen molar-refractivity contribution in [3.05, 3.63) is 0 Å². The van der Waals surface area contributed by atoms with Gasteiger partial charge < -0.3 is 15.3 Å². The fraction of sp³-hybridized carbons (Fsp3) is 0.867. The number of piperidine rings is 1. The summed E-state index contributed by atoms with van der Waals surface area (Å²) in [6, 6.07) is -0.502. The van der Waals surface area contributed by atoms with Crippen molar-refractivity contribution in [3.8, 4) is 0 Å². The summed E-state index contributed by atoms with van der Waals surface area (Å²) in [5.41, 5.74) is 0.285. The van der Waals surface area contributed by atoms with E-state index in [1.807, 2.05) is 0 Å². The van der Waals surface area contributed by atoms with Crippen LogP contribution in [0, 0.1) is 17.3 Å². The van der Waals surface area contributed by atoms with Gasteiger partial charge in [-0.1, -0.05) is 20.8 Å². The molecule has 0 aliphatic carbocycles. The van der Waals surface area contributed by atoms with Crippen molar-refractivity contribution in [2.45, 2.75) is 53.5 Å². The summed E-state index contributed by atoms with van der Waals surface area (Å²) >= 11 is 0. The maximum absolute atomic E-state index is 12.1. The first-order valence-corrected chi connectivity index (χ1v) is 7.41. The highest BCUT2D eigenvalue weighted by Crippen LogP contribution is 2.34. The van der Waals surface area contributed by atoms with E-state index in [-0.39, 0.29) is 17.5 Å². The van der Waals surface area contributed by atoms with Gasteiger partial charge in [0.2, 0.25) is 0 Å². The van der Waals surface area contributed by atoms with Crippen LogP contribution in [0.25, 0.3) is 0 Å². The second-order valence-electron chi connectivity index (χ2n) is 6.99. The molecule has 0 saturated carbocycles. The molecule has 0 aromatic carbocycles. The molecule has 1 aliphatic heterocycles. The summed E-state index contributed by atoms with van der Waals surface area (Å²) in [5, 5.41) is 11.7. The Morgan fingerprint density at radius 1 is 1.20 bits per heavy atom. The Morgan fingerprint density at radius 2 is 1.70 bits per heavy atom. The van der Waals surface area contributed by atoms with E-state index < -0.39 is 11.9 Å². The SMILES string of the molecule is CC(NC(=O)N1CCC(C(C)(C)C)CC1)C(C)C(=O)O. The number of likely N-dealkylation sites (tertiary alicyclic amines) is 1. The number of aliphatic carboxylic acids is 1. The van der Waals surface area contributed by atoms with Crippen molar-refractivity contribution >= 4 is 12.0 Å². The molecule has 1 saturated heterocycles. The van der Waals surface area contributed by atoms with Gasteiger partial charge in [0.25, 0.3) is 0 Å². The summed E-state index contributed by atoms with van der Waals surface area (Å²) in [6.07, 6.45) is 2.03. The number of carboxylic acids is 1. The third-order valence-corrected chi connectivity index (χ3v) is 4.50. The van der Waals surface area contributed by atoms with Gasteiger partial charge in [0.05, 0.1) is 5.92 Å². The Labute approximate surface area is 121 Å². The zero-order chi connectivity index (χ0) is 15.5. The minimum Gasteiger partial charge on any atom is -0.481 e. The maximum Gasteiger partial charge on any atom is 0.317 e. The van der Waals surface area contributed by atoms with Crippen LogP contribution in [0.3, 0.4) is 0 Å². The van der Waals surface area contributed by atoms with E-state index in [1.54, 1.807) is 18.7 Å².